The molecular formula is C8H15N3O2. The average molecular weight is 185 g/mol. The van der Waals surface area contributed by atoms with Gasteiger partial charge in [0.1, 0.15) is 6.61 Å². The molecule has 1 heterocycles. The molecule has 74 valence electrons. The van der Waals surface area contributed by atoms with E-state index >= 15 is 0 Å². The Labute approximate surface area is 77.3 Å². The van der Waals surface area contributed by atoms with Crippen molar-refractivity contribution in [3.8, 4) is 0 Å². The summed E-state index contributed by atoms with van der Waals surface area (Å²) in [5.41, 5.74) is 5.55. The molecule has 1 rings (SSSR count). The van der Waals surface area contributed by atoms with Gasteiger partial charge in [0.2, 0.25) is 11.8 Å². The highest BCUT2D eigenvalue weighted by molar-refractivity contribution is 4.85. The molecule has 1 atom stereocenters. The maximum Gasteiger partial charge on any atom is 0.242 e. The minimum absolute atomic E-state index is 0.158. The predicted molar refractivity (Wildman–Crippen MR) is 46.8 cm³/mol. The number of aromatic nitrogens is 2. The smallest absolute Gasteiger partial charge is 0.242 e. The van der Waals surface area contributed by atoms with Gasteiger partial charge in [-0.1, -0.05) is 0 Å². The summed E-state index contributed by atoms with van der Waals surface area (Å²) in [5.74, 6) is 0.920. The zero-order valence-corrected chi connectivity index (χ0v) is 8.15. The van der Waals surface area contributed by atoms with Gasteiger partial charge in [-0.3, -0.25) is 0 Å². The molecule has 0 radical (unpaired) electrons. The molecule has 13 heavy (non-hydrogen) atoms. The highest BCUT2D eigenvalue weighted by Gasteiger charge is 2.09. The fourth-order valence-electron chi connectivity index (χ4n) is 0.747. The minimum Gasteiger partial charge on any atom is -0.421 e. The minimum atomic E-state index is -0.222. The Morgan fingerprint density at radius 1 is 1.38 bits per heavy atom. The lowest BCUT2D eigenvalue weighted by atomic mass is 10.4. The zero-order valence-electron chi connectivity index (χ0n) is 8.15. The van der Waals surface area contributed by atoms with Crippen LogP contribution < -0.4 is 5.73 Å². The molecule has 5 nitrogen and oxygen atoms in total. The molecule has 0 spiro atoms. The topological polar surface area (TPSA) is 74.2 Å². The summed E-state index contributed by atoms with van der Waals surface area (Å²) in [7, 11) is 0. The third-order valence-corrected chi connectivity index (χ3v) is 1.41. The van der Waals surface area contributed by atoms with E-state index in [1.807, 2.05) is 13.8 Å². The number of nitrogens with zero attached hydrogens (tertiary/aromatic N) is 2. The first-order chi connectivity index (χ1) is 6.09. The fourth-order valence-corrected chi connectivity index (χ4v) is 0.747. The van der Waals surface area contributed by atoms with Crippen molar-refractivity contribution in [2.24, 2.45) is 5.73 Å². The van der Waals surface area contributed by atoms with Crippen molar-refractivity contribution in [1.29, 1.82) is 0 Å². The summed E-state index contributed by atoms with van der Waals surface area (Å²) in [6.07, 6.45) is 0.158. The van der Waals surface area contributed by atoms with Crippen molar-refractivity contribution >= 4 is 0 Å². The van der Waals surface area contributed by atoms with Gasteiger partial charge in [-0.05, 0) is 20.8 Å². The molecule has 1 aromatic rings. The number of rotatable bonds is 4. The standard InChI is InChI=1S/C8H15N3O2/c1-5(2)12-4-7-10-11-8(13-7)6(3)9/h5-6H,4,9H2,1-3H3/t6-/m0/s1. The van der Waals surface area contributed by atoms with Crippen molar-refractivity contribution in [2.45, 2.75) is 39.5 Å². The zero-order chi connectivity index (χ0) is 9.84. The first-order valence-electron chi connectivity index (χ1n) is 4.29. The number of ether oxygens (including phenoxy) is 1. The van der Waals surface area contributed by atoms with E-state index in [0.29, 0.717) is 18.4 Å². The number of hydrogen-bond acceptors (Lipinski definition) is 5. The molecule has 0 amide bonds. The third-order valence-electron chi connectivity index (χ3n) is 1.41. The van der Waals surface area contributed by atoms with Crippen LogP contribution in [0.4, 0.5) is 0 Å². The fraction of sp³-hybridized carbons (Fsp3) is 0.750. The van der Waals surface area contributed by atoms with Gasteiger partial charge in [0, 0.05) is 0 Å². The summed E-state index contributed by atoms with van der Waals surface area (Å²) in [5, 5.41) is 7.56. The van der Waals surface area contributed by atoms with Gasteiger partial charge in [-0.15, -0.1) is 10.2 Å². The van der Waals surface area contributed by atoms with Crippen LogP contribution in [0.1, 0.15) is 38.6 Å². The second-order valence-corrected chi connectivity index (χ2v) is 3.18. The Balaban J connectivity index is 2.49. The first kappa shape index (κ1) is 10.1. The summed E-state index contributed by atoms with van der Waals surface area (Å²) >= 11 is 0. The summed E-state index contributed by atoms with van der Waals surface area (Å²) in [4.78, 5) is 0. The van der Waals surface area contributed by atoms with Crippen LogP contribution in [0.2, 0.25) is 0 Å². The number of hydrogen-bond donors (Lipinski definition) is 1. The van der Waals surface area contributed by atoms with Crippen LogP contribution in [-0.2, 0) is 11.3 Å². The molecule has 0 unspecified atom stereocenters. The van der Waals surface area contributed by atoms with Gasteiger partial charge < -0.3 is 14.9 Å². The van der Waals surface area contributed by atoms with E-state index in [1.165, 1.54) is 0 Å². The van der Waals surface area contributed by atoms with Crippen molar-refractivity contribution in [3.05, 3.63) is 11.8 Å². The van der Waals surface area contributed by atoms with Crippen LogP contribution in [0.5, 0.6) is 0 Å². The summed E-state index contributed by atoms with van der Waals surface area (Å²) in [6.45, 7) is 6.03. The molecule has 0 aromatic carbocycles. The van der Waals surface area contributed by atoms with Crippen molar-refractivity contribution in [2.75, 3.05) is 0 Å². The van der Waals surface area contributed by atoms with Crippen molar-refractivity contribution in [3.63, 3.8) is 0 Å². The largest absolute Gasteiger partial charge is 0.421 e. The van der Waals surface area contributed by atoms with Crippen molar-refractivity contribution < 1.29 is 9.15 Å². The maximum absolute atomic E-state index is 5.55. The van der Waals surface area contributed by atoms with E-state index in [1.54, 1.807) is 6.92 Å². The highest BCUT2D eigenvalue weighted by atomic mass is 16.5. The van der Waals surface area contributed by atoms with Crippen molar-refractivity contribution in [1.82, 2.24) is 10.2 Å². The maximum atomic E-state index is 5.55. The third kappa shape index (κ3) is 3.12. The van der Waals surface area contributed by atoms with E-state index in [0.717, 1.165) is 0 Å². The molecule has 1 aromatic heterocycles. The van der Waals surface area contributed by atoms with Gasteiger partial charge in [0.25, 0.3) is 0 Å². The molecule has 5 heteroatoms. The lowest BCUT2D eigenvalue weighted by molar-refractivity contribution is 0.0509. The van der Waals surface area contributed by atoms with Crippen LogP contribution in [-0.4, -0.2) is 16.3 Å². The molecule has 0 fully saturated rings. The molecular weight excluding hydrogens is 170 g/mol. The van der Waals surface area contributed by atoms with E-state index in [9.17, 15) is 0 Å². The number of nitrogens with two attached hydrogens (primary N) is 1. The summed E-state index contributed by atoms with van der Waals surface area (Å²) < 4.78 is 10.5. The highest BCUT2D eigenvalue weighted by Crippen LogP contribution is 2.08. The monoisotopic (exact) mass is 185 g/mol. The molecule has 0 bridgehead atoms. The second-order valence-electron chi connectivity index (χ2n) is 3.18. The Morgan fingerprint density at radius 3 is 2.54 bits per heavy atom. The van der Waals surface area contributed by atoms with Crippen LogP contribution >= 0.6 is 0 Å². The van der Waals surface area contributed by atoms with Gasteiger partial charge in [0.15, 0.2) is 0 Å². The lowest BCUT2D eigenvalue weighted by Gasteiger charge is -2.02. The quantitative estimate of drug-likeness (QED) is 0.757. The Kier molecular flexibility index (Phi) is 3.39. The van der Waals surface area contributed by atoms with E-state index in [2.05, 4.69) is 10.2 Å². The molecule has 0 aliphatic heterocycles. The average Bonchev–Trinajstić information content (AvgIpc) is 2.48. The van der Waals surface area contributed by atoms with E-state index in [-0.39, 0.29) is 12.1 Å². The Morgan fingerprint density at radius 2 is 2.08 bits per heavy atom. The lowest BCUT2D eigenvalue weighted by Crippen LogP contribution is -2.04. The molecule has 0 aliphatic rings. The van der Waals surface area contributed by atoms with Crippen LogP contribution in [0.3, 0.4) is 0 Å². The van der Waals surface area contributed by atoms with Crippen LogP contribution in [0.15, 0.2) is 4.42 Å². The van der Waals surface area contributed by atoms with E-state index in [4.69, 9.17) is 14.9 Å². The van der Waals surface area contributed by atoms with Crippen LogP contribution in [0, 0.1) is 0 Å². The van der Waals surface area contributed by atoms with Gasteiger partial charge in [0.05, 0.1) is 12.1 Å². The molecule has 0 saturated heterocycles. The second kappa shape index (κ2) is 4.34. The Bertz CT molecular complexity index is 258. The summed E-state index contributed by atoms with van der Waals surface area (Å²) in [6, 6.07) is -0.222. The normalized spacial score (nSPS) is 13.6. The van der Waals surface area contributed by atoms with Gasteiger partial charge in [-0.2, -0.15) is 0 Å². The van der Waals surface area contributed by atoms with E-state index < -0.39 is 0 Å². The molecule has 2 N–H and O–H groups in total. The Hall–Kier alpha value is -0.940. The first-order valence-corrected chi connectivity index (χ1v) is 4.29. The SMILES string of the molecule is CC(C)OCc1nnc([C@H](C)N)o1. The molecule has 0 aliphatic carbocycles. The van der Waals surface area contributed by atoms with Crippen LogP contribution in [0.25, 0.3) is 0 Å². The van der Waals surface area contributed by atoms with Gasteiger partial charge >= 0.3 is 0 Å². The molecule has 0 saturated carbocycles. The van der Waals surface area contributed by atoms with Gasteiger partial charge in [-0.25, -0.2) is 0 Å². The predicted octanol–water partition coefficient (Wildman–Crippen LogP) is 1.01.